The number of fused-ring (bicyclic) bond motifs is 8. The lowest BCUT2D eigenvalue weighted by Gasteiger charge is -2.13. The standard InChI is InChI=1S/C80H48N6S2/c1-2-15-49(16-3-1)56-20-14-21-61(43-56)78-82-77(85-80(86-78)74-48-60-19-6-13-28-72(60)88-74)55-39-33-52(34-40-55)70-46-62-44-57(41-42-64(62)66-24-9-11-26-68(66)70)50-29-35-53(36-30-50)75-81-76(84-79(83-75)73-47-59-18-5-12-27-71(59)87-73)54-37-31-51(32-38-54)69-45-58-17-4-7-22-63(58)65-23-8-10-25-67(65)69/h1-48H. The van der Waals surface area contributed by atoms with E-state index < -0.39 is 0 Å². The second-order valence-electron chi connectivity index (χ2n) is 22.2. The van der Waals surface area contributed by atoms with Crippen molar-refractivity contribution in [1.29, 1.82) is 0 Å². The molecule has 0 unspecified atom stereocenters. The molecule has 0 saturated carbocycles. The zero-order valence-corrected chi connectivity index (χ0v) is 48.8. The van der Waals surface area contributed by atoms with Crippen LogP contribution in [0.15, 0.2) is 291 Å². The average Bonchev–Trinajstić information content (AvgIpc) is 2.99. The Morgan fingerprint density at radius 1 is 0.182 bits per heavy atom. The highest BCUT2D eigenvalue weighted by Gasteiger charge is 2.19. The van der Waals surface area contributed by atoms with Crippen molar-refractivity contribution in [3.63, 3.8) is 0 Å². The van der Waals surface area contributed by atoms with Gasteiger partial charge in [0.15, 0.2) is 34.9 Å². The minimum absolute atomic E-state index is 0.621. The van der Waals surface area contributed by atoms with Gasteiger partial charge in [0.25, 0.3) is 0 Å². The first kappa shape index (κ1) is 51.3. The van der Waals surface area contributed by atoms with Crippen LogP contribution in [0.25, 0.3) is 175 Å². The normalized spacial score (nSPS) is 11.6. The largest absolute Gasteiger partial charge is 0.208 e. The summed E-state index contributed by atoms with van der Waals surface area (Å²) in [6.07, 6.45) is 0. The van der Waals surface area contributed by atoms with Crippen LogP contribution in [-0.4, -0.2) is 29.9 Å². The second kappa shape index (κ2) is 21.4. The number of benzene rings is 13. The van der Waals surface area contributed by atoms with Crippen LogP contribution in [0.4, 0.5) is 0 Å². The van der Waals surface area contributed by atoms with Gasteiger partial charge in [-0.3, -0.25) is 0 Å². The Morgan fingerprint density at radius 3 is 1.07 bits per heavy atom. The lowest BCUT2D eigenvalue weighted by atomic mass is 9.91. The van der Waals surface area contributed by atoms with Crippen molar-refractivity contribution in [3.05, 3.63) is 291 Å². The van der Waals surface area contributed by atoms with Crippen molar-refractivity contribution in [2.45, 2.75) is 0 Å². The summed E-state index contributed by atoms with van der Waals surface area (Å²) >= 11 is 3.40. The van der Waals surface area contributed by atoms with Crippen molar-refractivity contribution in [2.75, 3.05) is 0 Å². The molecule has 4 aromatic heterocycles. The molecule has 88 heavy (non-hydrogen) atoms. The van der Waals surface area contributed by atoms with Crippen LogP contribution in [0.3, 0.4) is 0 Å². The summed E-state index contributed by atoms with van der Waals surface area (Å²) in [6, 6.07) is 104. The van der Waals surface area contributed by atoms with E-state index >= 15 is 0 Å². The fourth-order valence-corrected chi connectivity index (χ4v) is 14.4. The first-order valence-corrected chi connectivity index (χ1v) is 31.0. The average molecular weight is 1160 g/mol. The van der Waals surface area contributed by atoms with Gasteiger partial charge in [0.2, 0.25) is 0 Å². The van der Waals surface area contributed by atoms with Gasteiger partial charge in [-0.15, -0.1) is 22.7 Å². The highest BCUT2D eigenvalue weighted by molar-refractivity contribution is 7.22. The van der Waals surface area contributed by atoms with Crippen molar-refractivity contribution >= 4 is 85.9 Å². The number of hydrogen-bond donors (Lipinski definition) is 0. The monoisotopic (exact) mass is 1160 g/mol. The summed E-state index contributed by atoms with van der Waals surface area (Å²) in [5.74, 6) is 3.81. The third-order valence-corrected chi connectivity index (χ3v) is 19.0. The fourth-order valence-electron chi connectivity index (χ4n) is 12.4. The van der Waals surface area contributed by atoms with Gasteiger partial charge in [0.05, 0.1) is 9.75 Å². The minimum Gasteiger partial charge on any atom is -0.208 e. The quantitative estimate of drug-likeness (QED) is 0.127. The van der Waals surface area contributed by atoms with Gasteiger partial charge < -0.3 is 0 Å². The molecule has 0 aliphatic carbocycles. The predicted molar refractivity (Wildman–Crippen MR) is 368 cm³/mol. The van der Waals surface area contributed by atoms with Crippen LogP contribution in [0, 0.1) is 0 Å². The third kappa shape index (κ3) is 9.36. The van der Waals surface area contributed by atoms with Crippen LogP contribution < -0.4 is 0 Å². The molecule has 0 bridgehead atoms. The maximum atomic E-state index is 5.21. The van der Waals surface area contributed by atoms with Crippen LogP contribution in [0.2, 0.25) is 0 Å². The van der Waals surface area contributed by atoms with Crippen molar-refractivity contribution in [3.8, 4) is 111 Å². The van der Waals surface area contributed by atoms with E-state index in [0.29, 0.717) is 34.9 Å². The number of hydrogen-bond acceptors (Lipinski definition) is 8. The molecule has 410 valence electrons. The Kier molecular flexibility index (Phi) is 12.5. The molecule has 17 aromatic rings. The molecular weight excluding hydrogens is 1110 g/mol. The molecule has 0 amide bonds. The lowest BCUT2D eigenvalue weighted by molar-refractivity contribution is 1.08. The molecule has 0 saturated heterocycles. The van der Waals surface area contributed by atoms with E-state index in [4.69, 9.17) is 29.9 Å². The summed E-state index contributed by atoms with van der Waals surface area (Å²) < 4.78 is 2.38. The van der Waals surface area contributed by atoms with Crippen molar-refractivity contribution in [1.82, 2.24) is 29.9 Å². The minimum atomic E-state index is 0.621. The Hall–Kier alpha value is -11.2. The van der Waals surface area contributed by atoms with E-state index in [-0.39, 0.29) is 0 Å². The molecule has 4 heterocycles. The highest BCUT2D eigenvalue weighted by atomic mass is 32.1. The molecule has 13 aromatic carbocycles. The van der Waals surface area contributed by atoms with E-state index in [2.05, 4.69) is 285 Å². The molecule has 0 N–H and O–H groups in total. The van der Waals surface area contributed by atoms with E-state index in [9.17, 15) is 0 Å². The summed E-state index contributed by atoms with van der Waals surface area (Å²) in [7, 11) is 0. The van der Waals surface area contributed by atoms with Crippen LogP contribution in [0.1, 0.15) is 0 Å². The van der Waals surface area contributed by atoms with Gasteiger partial charge in [0, 0.05) is 31.7 Å². The van der Waals surface area contributed by atoms with Crippen molar-refractivity contribution in [2.24, 2.45) is 0 Å². The molecule has 8 heteroatoms. The summed E-state index contributed by atoms with van der Waals surface area (Å²) in [4.78, 5) is 33.1. The molecule has 17 rings (SSSR count). The van der Waals surface area contributed by atoms with Gasteiger partial charge in [-0.2, -0.15) is 0 Å². The topological polar surface area (TPSA) is 77.3 Å². The Morgan fingerprint density at radius 2 is 0.534 bits per heavy atom. The summed E-state index contributed by atoms with van der Waals surface area (Å²) in [5.41, 5.74) is 12.7. The zero-order chi connectivity index (χ0) is 58.1. The van der Waals surface area contributed by atoms with Gasteiger partial charge in [0.1, 0.15) is 0 Å². The summed E-state index contributed by atoms with van der Waals surface area (Å²) in [5, 5.41) is 12.0. The number of aromatic nitrogens is 6. The molecule has 0 aliphatic heterocycles. The Labute approximate surface area is 515 Å². The highest BCUT2D eigenvalue weighted by Crippen LogP contribution is 2.41. The van der Waals surface area contributed by atoms with Gasteiger partial charge in [-0.25, -0.2) is 29.9 Å². The fraction of sp³-hybridized carbons (Fsp3) is 0. The molecular formula is C80H48N6S2. The molecule has 0 fully saturated rings. The Bertz CT molecular complexity index is 5490. The van der Waals surface area contributed by atoms with Crippen LogP contribution >= 0.6 is 22.7 Å². The maximum Gasteiger partial charge on any atom is 0.174 e. The van der Waals surface area contributed by atoms with Gasteiger partial charge in [-0.05, 0) is 147 Å². The summed E-state index contributed by atoms with van der Waals surface area (Å²) in [6.45, 7) is 0. The predicted octanol–water partition coefficient (Wildman–Crippen LogP) is 21.8. The van der Waals surface area contributed by atoms with Crippen molar-refractivity contribution < 1.29 is 0 Å². The maximum absolute atomic E-state index is 5.21. The molecule has 6 nitrogen and oxygen atoms in total. The second-order valence-corrected chi connectivity index (χ2v) is 24.4. The zero-order valence-electron chi connectivity index (χ0n) is 47.2. The van der Waals surface area contributed by atoms with E-state index in [0.717, 1.165) is 76.3 Å². The Balaban J connectivity index is 0.707. The molecule has 0 atom stereocenters. The number of thiophene rings is 2. The smallest absolute Gasteiger partial charge is 0.174 e. The SMILES string of the molecule is c1ccc(-c2cccc(-c3nc(-c4ccc(-c5cc6cc(-c7ccc(-c8nc(-c9ccc(-c%10cc%11ccccc%11c%11ccccc%10%11)cc9)nc(-c9cc%10ccccc%10s9)n8)cc7)ccc6c6ccccc56)cc4)nc(-c4cc5ccccc5s4)n3)c2)cc1. The number of nitrogens with zero attached hydrogens (tertiary/aromatic N) is 6. The van der Waals surface area contributed by atoms with Gasteiger partial charge in [-0.1, -0.05) is 243 Å². The van der Waals surface area contributed by atoms with Crippen LogP contribution in [0.5, 0.6) is 0 Å². The third-order valence-electron chi connectivity index (χ3n) is 16.8. The van der Waals surface area contributed by atoms with E-state index in [1.54, 1.807) is 22.7 Å². The molecule has 0 aliphatic rings. The first-order valence-electron chi connectivity index (χ1n) is 29.4. The van der Waals surface area contributed by atoms with E-state index in [1.807, 2.05) is 6.07 Å². The van der Waals surface area contributed by atoms with E-state index in [1.165, 1.54) is 63.4 Å². The molecule has 0 spiro atoms. The molecule has 0 radical (unpaired) electrons. The van der Waals surface area contributed by atoms with Gasteiger partial charge >= 0.3 is 0 Å². The first-order chi connectivity index (χ1) is 43.5. The van der Waals surface area contributed by atoms with Crippen LogP contribution in [-0.2, 0) is 0 Å². The lowest BCUT2D eigenvalue weighted by Crippen LogP contribution is -1.99. The number of rotatable bonds is 10.